The van der Waals surface area contributed by atoms with Gasteiger partial charge in [0, 0.05) is 4.88 Å². The van der Waals surface area contributed by atoms with Crippen LogP contribution < -0.4 is 14.8 Å². The second kappa shape index (κ2) is 9.08. The molecule has 1 unspecified atom stereocenters. The van der Waals surface area contributed by atoms with Crippen LogP contribution in [0, 0.1) is 0 Å². The van der Waals surface area contributed by atoms with Crippen molar-refractivity contribution in [1.82, 2.24) is 5.32 Å². The van der Waals surface area contributed by atoms with Gasteiger partial charge in [-0.3, -0.25) is 9.59 Å². The van der Waals surface area contributed by atoms with Crippen molar-refractivity contribution < 1.29 is 23.8 Å². The summed E-state index contributed by atoms with van der Waals surface area (Å²) in [6, 6.07) is 8.56. The zero-order chi connectivity index (χ0) is 18.2. The summed E-state index contributed by atoms with van der Waals surface area (Å²) in [6.45, 7) is 0. The third-order valence-corrected chi connectivity index (χ3v) is 4.53. The molecule has 0 saturated carbocycles. The van der Waals surface area contributed by atoms with Gasteiger partial charge in [0.25, 0.3) is 0 Å². The van der Waals surface area contributed by atoms with Gasteiger partial charge in [0.2, 0.25) is 5.91 Å². The van der Waals surface area contributed by atoms with E-state index < -0.39 is 12.0 Å². The second-order valence-electron chi connectivity index (χ2n) is 5.27. The molecule has 0 aliphatic rings. The van der Waals surface area contributed by atoms with Gasteiger partial charge in [0.15, 0.2) is 11.5 Å². The Kier molecular flexibility index (Phi) is 6.82. The van der Waals surface area contributed by atoms with Crippen LogP contribution in [0.5, 0.6) is 11.5 Å². The van der Waals surface area contributed by atoms with Gasteiger partial charge in [-0.2, -0.15) is 0 Å². The molecule has 0 bridgehead atoms. The maximum Gasteiger partial charge on any atom is 0.307 e. The third-order valence-electron chi connectivity index (χ3n) is 3.66. The molecule has 1 atom stereocenters. The molecule has 1 amide bonds. The van der Waals surface area contributed by atoms with Gasteiger partial charge in [-0.1, -0.05) is 12.1 Å². The Morgan fingerprint density at radius 1 is 1.12 bits per heavy atom. The Bertz CT molecular complexity index is 714. The van der Waals surface area contributed by atoms with Gasteiger partial charge in [0.05, 0.1) is 40.2 Å². The highest BCUT2D eigenvalue weighted by Gasteiger charge is 2.21. The highest BCUT2D eigenvalue weighted by atomic mass is 32.1. The van der Waals surface area contributed by atoms with Gasteiger partial charge < -0.3 is 19.5 Å². The number of carbonyl (C=O) groups is 2. The Hall–Kier alpha value is -2.54. The first-order chi connectivity index (χ1) is 12.1. The summed E-state index contributed by atoms with van der Waals surface area (Å²) >= 11 is 1.51. The first-order valence-electron chi connectivity index (χ1n) is 7.67. The molecular formula is C18H21NO5S. The summed E-state index contributed by atoms with van der Waals surface area (Å²) < 4.78 is 15.3. The Morgan fingerprint density at radius 3 is 2.48 bits per heavy atom. The standard InChI is InChI=1S/C18H21NO5S/c1-22-15-7-6-12(9-16(15)23-2)14(11-18(21)24-3)19-17(20)10-13-5-4-8-25-13/h4-9,14H,10-11H2,1-3H3,(H,19,20). The van der Waals surface area contributed by atoms with E-state index >= 15 is 0 Å². The maximum atomic E-state index is 12.3. The SMILES string of the molecule is COC(=O)CC(NC(=O)Cc1cccs1)c1ccc(OC)c(OC)c1. The van der Waals surface area contributed by atoms with Gasteiger partial charge in [-0.15, -0.1) is 11.3 Å². The molecule has 0 spiro atoms. The Labute approximate surface area is 150 Å². The van der Waals surface area contributed by atoms with Crippen LogP contribution in [0.1, 0.15) is 22.9 Å². The predicted molar refractivity (Wildman–Crippen MR) is 95.1 cm³/mol. The third kappa shape index (κ3) is 5.22. The number of nitrogens with one attached hydrogen (secondary N) is 1. The minimum absolute atomic E-state index is 0.0299. The molecule has 2 rings (SSSR count). The average molecular weight is 363 g/mol. The van der Waals surface area contributed by atoms with E-state index in [-0.39, 0.29) is 18.7 Å². The zero-order valence-corrected chi connectivity index (χ0v) is 15.2. The Morgan fingerprint density at radius 2 is 1.88 bits per heavy atom. The summed E-state index contributed by atoms with van der Waals surface area (Å²) in [6.07, 6.45) is 0.296. The lowest BCUT2D eigenvalue weighted by atomic mass is 10.0. The largest absolute Gasteiger partial charge is 0.493 e. The lowest BCUT2D eigenvalue weighted by molar-refractivity contribution is -0.141. The number of amides is 1. The van der Waals surface area contributed by atoms with Crippen LogP contribution in [0.4, 0.5) is 0 Å². The van der Waals surface area contributed by atoms with Crippen molar-refractivity contribution in [3.05, 3.63) is 46.2 Å². The molecule has 0 aliphatic carbocycles. The number of benzene rings is 1. The predicted octanol–water partition coefficient (Wildman–Crippen LogP) is 2.73. The quantitative estimate of drug-likeness (QED) is 0.730. The summed E-state index contributed by atoms with van der Waals surface area (Å²) in [4.78, 5) is 25.0. The molecule has 0 fully saturated rings. The summed E-state index contributed by atoms with van der Waals surface area (Å²) in [5.74, 6) is 0.540. The van der Waals surface area contributed by atoms with Crippen molar-refractivity contribution in [2.45, 2.75) is 18.9 Å². The smallest absolute Gasteiger partial charge is 0.307 e. The van der Waals surface area contributed by atoms with Gasteiger partial charge in [-0.25, -0.2) is 0 Å². The molecular weight excluding hydrogens is 342 g/mol. The second-order valence-corrected chi connectivity index (χ2v) is 6.30. The van der Waals surface area contributed by atoms with E-state index in [0.29, 0.717) is 11.5 Å². The van der Waals surface area contributed by atoms with Gasteiger partial charge in [-0.05, 0) is 29.1 Å². The fourth-order valence-corrected chi connectivity index (χ4v) is 3.09. The molecule has 1 N–H and O–H groups in total. The van der Waals surface area contributed by atoms with E-state index in [0.717, 1.165) is 10.4 Å². The fraction of sp³-hybridized carbons (Fsp3) is 0.333. The topological polar surface area (TPSA) is 73.9 Å². The Balaban J connectivity index is 2.20. The maximum absolute atomic E-state index is 12.3. The van der Waals surface area contributed by atoms with Crippen LogP contribution in [0.25, 0.3) is 0 Å². The molecule has 1 aromatic carbocycles. The number of hydrogen-bond donors (Lipinski definition) is 1. The number of hydrogen-bond acceptors (Lipinski definition) is 6. The van der Waals surface area contributed by atoms with Crippen molar-refractivity contribution >= 4 is 23.2 Å². The van der Waals surface area contributed by atoms with Crippen LogP contribution in [-0.2, 0) is 20.7 Å². The minimum Gasteiger partial charge on any atom is -0.493 e. The van der Waals surface area contributed by atoms with Gasteiger partial charge in [0.1, 0.15) is 0 Å². The van der Waals surface area contributed by atoms with E-state index in [1.165, 1.54) is 25.6 Å². The number of esters is 1. The molecule has 6 nitrogen and oxygen atoms in total. The van der Waals surface area contributed by atoms with Crippen LogP contribution in [0.3, 0.4) is 0 Å². The molecule has 2 aromatic rings. The molecule has 7 heteroatoms. The summed E-state index contributed by atoms with van der Waals surface area (Å²) in [7, 11) is 4.40. The number of methoxy groups -OCH3 is 3. The zero-order valence-electron chi connectivity index (χ0n) is 14.4. The first kappa shape index (κ1) is 18.8. The van der Waals surface area contributed by atoms with Crippen molar-refractivity contribution in [3.63, 3.8) is 0 Å². The monoisotopic (exact) mass is 363 g/mol. The minimum atomic E-state index is -0.514. The van der Waals surface area contributed by atoms with Crippen molar-refractivity contribution in [2.75, 3.05) is 21.3 Å². The van der Waals surface area contributed by atoms with E-state index in [2.05, 4.69) is 5.32 Å². The van der Waals surface area contributed by atoms with Crippen molar-refractivity contribution in [1.29, 1.82) is 0 Å². The van der Waals surface area contributed by atoms with Gasteiger partial charge >= 0.3 is 5.97 Å². The van der Waals surface area contributed by atoms with Crippen LogP contribution in [0.2, 0.25) is 0 Å². The van der Waals surface area contributed by atoms with Crippen LogP contribution >= 0.6 is 11.3 Å². The lowest BCUT2D eigenvalue weighted by Crippen LogP contribution is -2.31. The summed E-state index contributed by atoms with van der Waals surface area (Å²) in [5.41, 5.74) is 0.738. The van der Waals surface area contributed by atoms with Crippen molar-refractivity contribution in [2.24, 2.45) is 0 Å². The van der Waals surface area contributed by atoms with Crippen LogP contribution in [0.15, 0.2) is 35.7 Å². The molecule has 1 aromatic heterocycles. The molecule has 0 aliphatic heterocycles. The van der Waals surface area contributed by atoms with E-state index in [1.54, 1.807) is 25.3 Å². The molecule has 0 saturated heterocycles. The first-order valence-corrected chi connectivity index (χ1v) is 8.55. The van der Waals surface area contributed by atoms with E-state index in [1.807, 2.05) is 17.5 Å². The van der Waals surface area contributed by atoms with Crippen molar-refractivity contribution in [3.8, 4) is 11.5 Å². The average Bonchev–Trinajstić information content (AvgIpc) is 3.13. The molecule has 1 heterocycles. The number of rotatable bonds is 8. The van der Waals surface area contributed by atoms with Crippen LogP contribution in [-0.4, -0.2) is 33.2 Å². The number of thiophene rings is 1. The molecule has 25 heavy (non-hydrogen) atoms. The lowest BCUT2D eigenvalue weighted by Gasteiger charge is -2.19. The summed E-state index contributed by atoms with van der Waals surface area (Å²) in [5, 5.41) is 4.82. The molecule has 134 valence electrons. The highest BCUT2D eigenvalue weighted by Crippen LogP contribution is 2.31. The number of ether oxygens (including phenoxy) is 3. The van der Waals surface area contributed by atoms with E-state index in [4.69, 9.17) is 14.2 Å². The normalized spacial score (nSPS) is 11.5. The molecule has 0 radical (unpaired) electrons. The number of carbonyl (C=O) groups excluding carboxylic acids is 2. The fourth-order valence-electron chi connectivity index (χ4n) is 2.39. The van der Waals surface area contributed by atoms with E-state index in [9.17, 15) is 9.59 Å². The highest BCUT2D eigenvalue weighted by molar-refractivity contribution is 7.10.